The van der Waals surface area contributed by atoms with Crippen molar-refractivity contribution in [3.05, 3.63) is 28.8 Å². The second-order valence-electron chi connectivity index (χ2n) is 6.05. The first-order chi connectivity index (χ1) is 11.4. The van der Waals surface area contributed by atoms with E-state index in [4.69, 9.17) is 21.1 Å². The highest BCUT2D eigenvalue weighted by Crippen LogP contribution is 2.24. The van der Waals surface area contributed by atoms with Crippen molar-refractivity contribution < 1.29 is 19.1 Å². The molecule has 0 spiro atoms. The fraction of sp³-hybridized carbons (Fsp3) is 0.556. The normalized spacial score (nSPS) is 18.8. The number of carbonyl (C=O) groups excluding carboxylic acids is 2. The third-order valence-electron chi connectivity index (χ3n) is 4.14. The fourth-order valence-corrected chi connectivity index (χ4v) is 3.10. The maximum absolute atomic E-state index is 12.6. The first-order valence-corrected chi connectivity index (χ1v) is 8.68. The van der Waals surface area contributed by atoms with Crippen molar-refractivity contribution in [1.82, 2.24) is 4.90 Å². The molecule has 0 bridgehead atoms. The summed E-state index contributed by atoms with van der Waals surface area (Å²) in [6.07, 6.45) is 0.932. The van der Waals surface area contributed by atoms with E-state index in [-0.39, 0.29) is 17.8 Å². The van der Waals surface area contributed by atoms with E-state index in [1.54, 1.807) is 36.9 Å². The lowest BCUT2D eigenvalue weighted by atomic mass is 9.98. The van der Waals surface area contributed by atoms with Crippen molar-refractivity contribution in [2.24, 2.45) is 5.92 Å². The van der Waals surface area contributed by atoms with Crippen LogP contribution in [0.2, 0.25) is 5.02 Å². The summed E-state index contributed by atoms with van der Waals surface area (Å²) in [6, 6.07) is 5.30. The zero-order chi connectivity index (χ0) is 17.7. The summed E-state index contributed by atoms with van der Waals surface area (Å²) < 4.78 is 10.9. The van der Waals surface area contributed by atoms with Gasteiger partial charge in [-0.2, -0.15) is 0 Å². The molecule has 1 fully saturated rings. The van der Waals surface area contributed by atoms with E-state index < -0.39 is 6.10 Å². The first kappa shape index (κ1) is 18.6. The monoisotopic (exact) mass is 353 g/mol. The molecule has 24 heavy (non-hydrogen) atoms. The Morgan fingerprint density at radius 3 is 2.83 bits per heavy atom. The molecule has 1 aliphatic heterocycles. The number of aryl methyl sites for hydroxylation is 1. The van der Waals surface area contributed by atoms with Gasteiger partial charge in [0.15, 0.2) is 6.10 Å². The van der Waals surface area contributed by atoms with Crippen LogP contribution in [-0.2, 0) is 14.3 Å². The quantitative estimate of drug-likeness (QED) is 0.763. The Morgan fingerprint density at radius 2 is 2.17 bits per heavy atom. The van der Waals surface area contributed by atoms with Gasteiger partial charge in [-0.25, -0.2) is 0 Å². The Kier molecular flexibility index (Phi) is 6.49. The molecule has 0 aromatic heterocycles. The third kappa shape index (κ3) is 4.63. The highest BCUT2D eigenvalue weighted by molar-refractivity contribution is 6.30. The van der Waals surface area contributed by atoms with Crippen LogP contribution in [0, 0.1) is 12.8 Å². The van der Waals surface area contributed by atoms with Gasteiger partial charge in [-0.15, -0.1) is 0 Å². The van der Waals surface area contributed by atoms with Gasteiger partial charge < -0.3 is 14.4 Å². The van der Waals surface area contributed by atoms with E-state index in [9.17, 15) is 9.59 Å². The molecule has 0 aliphatic carbocycles. The van der Waals surface area contributed by atoms with Crippen molar-refractivity contribution in [2.45, 2.75) is 39.7 Å². The molecule has 1 amide bonds. The molecule has 132 valence electrons. The third-order valence-corrected chi connectivity index (χ3v) is 4.38. The molecule has 0 N–H and O–H groups in total. The molecule has 2 atom stereocenters. The van der Waals surface area contributed by atoms with Crippen LogP contribution in [0.3, 0.4) is 0 Å². The number of benzene rings is 1. The molecule has 1 aromatic rings. The van der Waals surface area contributed by atoms with Crippen molar-refractivity contribution >= 4 is 23.5 Å². The molecule has 0 radical (unpaired) electrons. The van der Waals surface area contributed by atoms with Crippen molar-refractivity contribution in [2.75, 3.05) is 19.7 Å². The number of esters is 1. The van der Waals surface area contributed by atoms with Gasteiger partial charge in [0.2, 0.25) is 0 Å². The van der Waals surface area contributed by atoms with Crippen molar-refractivity contribution in [3.63, 3.8) is 0 Å². The molecule has 1 heterocycles. The number of carbonyl (C=O) groups is 2. The summed E-state index contributed by atoms with van der Waals surface area (Å²) in [5.41, 5.74) is 0.880. The molecule has 0 saturated carbocycles. The largest absolute Gasteiger partial charge is 0.481 e. The van der Waals surface area contributed by atoms with Gasteiger partial charge in [-0.05, 0) is 57.4 Å². The van der Waals surface area contributed by atoms with Crippen LogP contribution >= 0.6 is 11.6 Å². The molecule has 2 unspecified atom stereocenters. The number of hydrogen-bond acceptors (Lipinski definition) is 4. The van der Waals surface area contributed by atoms with Gasteiger partial charge >= 0.3 is 5.97 Å². The lowest BCUT2D eigenvalue weighted by molar-refractivity contribution is -0.152. The van der Waals surface area contributed by atoms with E-state index in [1.165, 1.54) is 0 Å². The van der Waals surface area contributed by atoms with Crippen LogP contribution in [0.5, 0.6) is 5.75 Å². The summed E-state index contributed by atoms with van der Waals surface area (Å²) in [7, 11) is 0. The first-order valence-electron chi connectivity index (χ1n) is 8.30. The van der Waals surface area contributed by atoms with Gasteiger partial charge in [0.25, 0.3) is 5.91 Å². The number of rotatable bonds is 5. The van der Waals surface area contributed by atoms with Crippen LogP contribution in [-0.4, -0.2) is 42.6 Å². The number of amides is 1. The molecule has 1 saturated heterocycles. The minimum atomic E-state index is -0.620. The average Bonchev–Trinajstić information content (AvgIpc) is 2.57. The summed E-state index contributed by atoms with van der Waals surface area (Å²) in [5.74, 6) is 0.0572. The van der Waals surface area contributed by atoms with Crippen LogP contribution in [0.25, 0.3) is 0 Å². The van der Waals surface area contributed by atoms with Crippen LogP contribution in [0.4, 0.5) is 0 Å². The summed E-state index contributed by atoms with van der Waals surface area (Å²) >= 11 is 5.93. The van der Waals surface area contributed by atoms with Crippen molar-refractivity contribution in [1.29, 1.82) is 0 Å². The highest BCUT2D eigenvalue weighted by Gasteiger charge is 2.31. The molecule has 6 heteroatoms. The number of nitrogens with zero attached hydrogens (tertiary/aromatic N) is 1. The fourth-order valence-electron chi connectivity index (χ4n) is 2.87. The van der Waals surface area contributed by atoms with E-state index in [1.807, 2.05) is 6.92 Å². The zero-order valence-electron chi connectivity index (χ0n) is 14.4. The predicted molar refractivity (Wildman–Crippen MR) is 92.2 cm³/mol. The number of halogens is 1. The average molecular weight is 354 g/mol. The Balaban J connectivity index is 1.98. The summed E-state index contributed by atoms with van der Waals surface area (Å²) in [6.45, 7) is 6.79. The number of ether oxygens (including phenoxy) is 2. The van der Waals surface area contributed by atoms with Gasteiger partial charge in [-0.1, -0.05) is 11.6 Å². The van der Waals surface area contributed by atoms with Crippen LogP contribution in [0.1, 0.15) is 32.3 Å². The van der Waals surface area contributed by atoms with Gasteiger partial charge in [0, 0.05) is 18.1 Å². The van der Waals surface area contributed by atoms with Crippen molar-refractivity contribution in [3.8, 4) is 5.75 Å². The van der Waals surface area contributed by atoms with E-state index in [0.717, 1.165) is 18.4 Å². The Morgan fingerprint density at radius 1 is 1.42 bits per heavy atom. The second kappa shape index (κ2) is 8.38. The van der Waals surface area contributed by atoms with E-state index in [0.29, 0.717) is 30.5 Å². The number of piperidine rings is 1. The number of likely N-dealkylation sites (tertiary alicyclic amines) is 1. The van der Waals surface area contributed by atoms with Gasteiger partial charge in [0.1, 0.15) is 5.75 Å². The van der Waals surface area contributed by atoms with Gasteiger partial charge in [-0.3, -0.25) is 9.59 Å². The topological polar surface area (TPSA) is 55.8 Å². The van der Waals surface area contributed by atoms with Gasteiger partial charge in [0.05, 0.1) is 12.5 Å². The summed E-state index contributed by atoms with van der Waals surface area (Å²) in [4.78, 5) is 26.2. The molecular weight excluding hydrogens is 330 g/mol. The Labute approximate surface area is 147 Å². The molecule has 2 rings (SSSR count). The molecule has 1 aromatic carbocycles. The Bertz CT molecular complexity index is 605. The second-order valence-corrected chi connectivity index (χ2v) is 6.48. The zero-order valence-corrected chi connectivity index (χ0v) is 15.1. The van der Waals surface area contributed by atoms with Crippen LogP contribution in [0.15, 0.2) is 18.2 Å². The van der Waals surface area contributed by atoms with Crippen LogP contribution < -0.4 is 4.74 Å². The maximum Gasteiger partial charge on any atom is 0.310 e. The highest BCUT2D eigenvalue weighted by atomic mass is 35.5. The molecular formula is C18H24ClNO4. The SMILES string of the molecule is CCOC(=O)C1CCCN(C(=O)C(C)Oc2ccc(Cl)cc2C)C1. The minimum Gasteiger partial charge on any atom is -0.481 e. The number of hydrogen-bond donors (Lipinski definition) is 0. The Hall–Kier alpha value is -1.75. The standard InChI is InChI=1S/C18H24ClNO4/c1-4-23-18(22)14-6-5-9-20(11-14)17(21)13(3)24-16-8-7-15(19)10-12(16)2/h7-8,10,13-14H,4-6,9,11H2,1-3H3. The molecule has 1 aliphatic rings. The van der Waals surface area contributed by atoms with E-state index >= 15 is 0 Å². The smallest absolute Gasteiger partial charge is 0.310 e. The summed E-state index contributed by atoms with van der Waals surface area (Å²) in [5, 5.41) is 0.632. The van der Waals surface area contributed by atoms with E-state index in [2.05, 4.69) is 0 Å². The lowest BCUT2D eigenvalue weighted by Gasteiger charge is -2.33. The predicted octanol–water partition coefficient (Wildman–Crippen LogP) is 3.22. The maximum atomic E-state index is 12.6. The molecule has 5 nitrogen and oxygen atoms in total. The lowest BCUT2D eigenvalue weighted by Crippen LogP contribution is -2.47. The minimum absolute atomic E-state index is 0.113.